The second-order valence-electron chi connectivity index (χ2n) is 10.9. The fraction of sp³-hybridized carbons (Fsp3) is 0.778. The van der Waals surface area contributed by atoms with Gasteiger partial charge in [0.15, 0.2) is 0 Å². The molecule has 0 aliphatic heterocycles. The maximum absolute atomic E-state index is 10.5. The molecule has 0 saturated heterocycles. The number of aliphatic hydroxyl groups excluding tert-OH is 3. The van der Waals surface area contributed by atoms with Gasteiger partial charge < -0.3 is 15.3 Å². The largest absolute Gasteiger partial charge is 0.396 e. The van der Waals surface area contributed by atoms with Crippen molar-refractivity contribution in [2.75, 3.05) is 6.61 Å². The Bertz CT molecular complexity index is 658. The molecular formula is C27H44O3. The molecule has 0 aromatic carbocycles. The van der Waals surface area contributed by atoms with Gasteiger partial charge in [-0.2, -0.15) is 0 Å². The summed E-state index contributed by atoms with van der Waals surface area (Å²) in [6, 6.07) is 0. The number of rotatable bonds is 6. The molecule has 3 saturated carbocycles. The second-order valence-corrected chi connectivity index (χ2v) is 10.9. The third kappa shape index (κ3) is 5.11. The van der Waals surface area contributed by atoms with E-state index in [9.17, 15) is 10.2 Å². The molecule has 3 aliphatic carbocycles. The quantitative estimate of drug-likeness (QED) is 0.497. The summed E-state index contributed by atoms with van der Waals surface area (Å²) < 4.78 is 0. The van der Waals surface area contributed by atoms with E-state index in [-0.39, 0.29) is 6.61 Å². The first-order valence-corrected chi connectivity index (χ1v) is 12.3. The SMILES string of the molecule is CC(C)C[C@@H](C)C1CCC2C(=CC=C3C[C@@H](O)C(=CCCO)[C@H](O)C3)CCC[C@@]21C. The fourth-order valence-corrected chi connectivity index (χ4v) is 7.02. The van der Waals surface area contributed by atoms with Gasteiger partial charge in [0.2, 0.25) is 0 Å². The summed E-state index contributed by atoms with van der Waals surface area (Å²) in [5, 5.41) is 29.9. The number of hydrogen-bond donors (Lipinski definition) is 3. The zero-order chi connectivity index (χ0) is 21.9. The van der Waals surface area contributed by atoms with Crippen molar-refractivity contribution in [3.05, 3.63) is 34.9 Å². The van der Waals surface area contributed by atoms with Gasteiger partial charge in [0.05, 0.1) is 12.2 Å². The molecule has 3 heteroatoms. The predicted molar refractivity (Wildman–Crippen MR) is 124 cm³/mol. The highest BCUT2D eigenvalue weighted by Gasteiger charge is 2.50. The molecule has 3 rings (SSSR count). The van der Waals surface area contributed by atoms with Crippen LogP contribution in [0.1, 0.15) is 85.5 Å². The van der Waals surface area contributed by atoms with Crippen molar-refractivity contribution < 1.29 is 15.3 Å². The van der Waals surface area contributed by atoms with Crippen molar-refractivity contribution >= 4 is 0 Å². The van der Waals surface area contributed by atoms with E-state index >= 15 is 0 Å². The Labute approximate surface area is 184 Å². The van der Waals surface area contributed by atoms with Gasteiger partial charge >= 0.3 is 0 Å². The van der Waals surface area contributed by atoms with Crippen molar-refractivity contribution in [3.8, 4) is 0 Å². The lowest BCUT2D eigenvalue weighted by Gasteiger charge is -2.44. The zero-order valence-corrected chi connectivity index (χ0v) is 19.6. The maximum Gasteiger partial charge on any atom is 0.0812 e. The van der Waals surface area contributed by atoms with E-state index in [0.29, 0.717) is 36.2 Å². The summed E-state index contributed by atoms with van der Waals surface area (Å²) in [6.45, 7) is 9.78. The van der Waals surface area contributed by atoms with Gasteiger partial charge in [0.1, 0.15) is 0 Å². The average Bonchev–Trinajstić information content (AvgIpc) is 3.03. The minimum atomic E-state index is -0.630. The van der Waals surface area contributed by atoms with Crippen molar-refractivity contribution in [2.45, 2.75) is 97.7 Å². The van der Waals surface area contributed by atoms with E-state index in [0.717, 1.165) is 23.3 Å². The molecule has 2 unspecified atom stereocenters. The molecule has 3 N–H and O–H groups in total. The molecule has 0 heterocycles. The summed E-state index contributed by atoms with van der Waals surface area (Å²) >= 11 is 0. The molecule has 3 fully saturated rings. The minimum absolute atomic E-state index is 0.0503. The van der Waals surface area contributed by atoms with Gasteiger partial charge in [-0.25, -0.2) is 0 Å². The lowest BCUT2D eigenvalue weighted by molar-refractivity contribution is 0.0893. The average molecular weight is 417 g/mol. The highest BCUT2D eigenvalue weighted by atomic mass is 16.3. The molecule has 0 aromatic rings. The summed E-state index contributed by atoms with van der Waals surface area (Å²) in [6.07, 6.45) is 14.6. The first-order valence-electron chi connectivity index (χ1n) is 12.3. The maximum atomic E-state index is 10.5. The Kier molecular flexibility index (Phi) is 8.03. The predicted octanol–water partition coefficient (Wildman–Crippen LogP) is 5.56. The van der Waals surface area contributed by atoms with Gasteiger partial charge in [0, 0.05) is 6.61 Å². The molecular weight excluding hydrogens is 372 g/mol. The van der Waals surface area contributed by atoms with Gasteiger partial charge in [-0.3, -0.25) is 0 Å². The van der Waals surface area contributed by atoms with Crippen LogP contribution in [0.3, 0.4) is 0 Å². The Morgan fingerprint density at radius 1 is 1.07 bits per heavy atom. The van der Waals surface area contributed by atoms with Gasteiger partial charge in [-0.15, -0.1) is 0 Å². The highest BCUT2D eigenvalue weighted by Crippen LogP contribution is 2.60. The summed E-state index contributed by atoms with van der Waals surface area (Å²) in [5.41, 5.74) is 3.85. The Morgan fingerprint density at radius 2 is 1.77 bits per heavy atom. The normalized spacial score (nSPS) is 36.9. The monoisotopic (exact) mass is 416 g/mol. The standard InChI is InChI=1S/C27H44O3/c1-18(2)15-19(3)23-11-12-24-21(7-5-13-27(23,24)4)10-9-20-16-25(29)22(8-6-14-28)26(30)17-20/h8-10,18-19,23-26,28-30H,5-7,11-17H2,1-4H3/t19-,23?,24?,25-,26-,27-/m1/s1. The number of aliphatic hydroxyl groups is 3. The van der Waals surface area contributed by atoms with Crippen LogP contribution in [0.5, 0.6) is 0 Å². The highest BCUT2D eigenvalue weighted by molar-refractivity contribution is 5.30. The Morgan fingerprint density at radius 3 is 2.40 bits per heavy atom. The lowest BCUT2D eigenvalue weighted by atomic mass is 9.60. The van der Waals surface area contributed by atoms with Crippen molar-refractivity contribution in [1.82, 2.24) is 0 Å². The van der Waals surface area contributed by atoms with Crippen LogP contribution in [0.2, 0.25) is 0 Å². The topological polar surface area (TPSA) is 60.7 Å². The molecule has 3 nitrogen and oxygen atoms in total. The van der Waals surface area contributed by atoms with Crippen LogP contribution in [0.15, 0.2) is 34.9 Å². The van der Waals surface area contributed by atoms with Crippen LogP contribution in [-0.2, 0) is 0 Å². The van der Waals surface area contributed by atoms with E-state index in [4.69, 9.17) is 5.11 Å². The van der Waals surface area contributed by atoms with Crippen LogP contribution in [0.25, 0.3) is 0 Å². The number of allylic oxidation sites excluding steroid dienone is 3. The number of hydrogen-bond acceptors (Lipinski definition) is 3. The molecule has 30 heavy (non-hydrogen) atoms. The van der Waals surface area contributed by atoms with Crippen molar-refractivity contribution in [1.29, 1.82) is 0 Å². The third-order valence-electron chi connectivity index (χ3n) is 8.29. The molecule has 0 radical (unpaired) electrons. The first kappa shape index (κ1) is 23.8. The smallest absolute Gasteiger partial charge is 0.0812 e. The van der Waals surface area contributed by atoms with Gasteiger partial charge in [-0.1, -0.05) is 57.1 Å². The minimum Gasteiger partial charge on any atom is -0.396 e. The van der Waals surface area contributed by atoms with Crippen LogP contribution in [-0.4, -0.2) is 34.1 Å². The second kappa shape index (κ2) is 10.1. The summed E-state index contributed by atoms with van der Waals surface area (Å²) in [4.78, 5) is 0. The number of fused-ring (bicyclic) bond motifs is 1. The van der Waals surface area contributed by atoms with Crippen LogP contribution >= 0.6 is 0 Å². The van der Waals surface area contributed by atoms with Gasteiger partial charge in [-0.05, 0) is 92.4 Å². The van der Waals surface area contributed by atoms with Gasteiger partial charge in [0.25, 0.3) is 0 Å². The third-order valence-corrected chi connectivity index (χ3v) is 8.29. The van der Waals surface area contributed by atoms with Crippen LogP contribution < -0.4 is 0 Å². The van der Waals surface area contributed by atoms with Crippen molar-refractivity contribution in [3.63, 3.8) is 0 Å². The van der Waals surface area contributed by atoms with Crippen LogP contribution in [0.4, 0.5) is 0 Å². The van der Waals surface area contributed by atoms with E-state index < -0.39 is 12.2 Å². The molecule has 0 spiro atoms. The van der Waals surface area contributed by atoms with Crippen molar-refractivity contribution in [2.24, 2.45) is 29.1 Å². The van der Waals surface area contributed by atoms with E-state index in [1.54, 1.807) is 11.6 Å². The molecule has 3 aliphatic rings. The van der Waals surface area contributed by atoms with Crippen LogP contribution in [0, 0.1) is 29.1 Å². The summed E-state index contributed by atoms with van der Waals surface area (Å²) in [7, 11) is 0. The first-order chi connectivity index (χ1) is 14.3. The molecule has 6 atom stereocenters. The molecule has 170 valence electrons. The summed E-state index contributed by atoms with van der Waals surface area (Å²) in [5.74, 6) is 3.09. The van der Waals surface area contributed by atoms with E-state index in [2.05, 4.69) is 39.8 Å². The van der Waals surface area contributed by atoms with E-state index in [1.165, 1.54) is 38.5 Å². The molecule has 0 bridgehead atoms. The van der Waals surface area contributed by atoms with E-state index in [1.807, 2.05) is 0 Å². The molecule has 0 amide bonds. The Balaban J connectivity index is 1.72. The fourth-order valence-electron chi connectivity index (χ4n) is 7.02. The Hall–Kier alpha value is -0.900. The zero-order valence-electron chi connectivity index (χ0n) is 19.6. The lowest BCUT2D eigenvalue weighted by Crippen LogP contribution is -2.36. The molecule has 0 aromatic heterocycles.